The molecule has 1 aliphatic heterocycles. The van der Waals surface area contributed by atoms with Crippen LogP contribution in [0, 0.1) is 17.0 Å². The van der Waals surface area contributed by atoms with Crippen molar-refractivity contribution in [3.63, 3.8) is 0 Å². The van der Waals surface area contributed by atoms with Gasteiger partial charge in [0.15, 0.2) is 4.80 Å². The first-order valence-corrected chi connectivity index (χ1v) is 9.15. The molecule has 4 rings (SSSR count). The lowest BCUT2D eigenvalue weighted by Gasteiger charge is -2.25. The number of fused-ring (bicyclic) bond motifs is 1. The highest BCUT2D eigenvalue weighted by atomic mass is 32.1. The zero-order valence-electron chi connectivity index (χ0n) is 14.5. The van der Waals surface area contributed by atoms with E-state index >= 15 is 0 Å². The zero-order chi connectivity index (χ0) is 19.0. The van der Waals surface area contributed by atoms with Crippen LogP contribution in [0.4, 0.5) is 11.4 Å². The quantitative estimate of drug-likeness (QED) is 0.514. The van der Waals surface area contributed by atoms with Crippen LogP contribution in [0.25, 0.3) is 6.08 Å². The Bertz CT molecular complexity index is 1190. The minimum atomic E-state index is -0.446. The molecule has 27 heavy (non-hydrogen) atoms. The van der Waals surface area contributed by atoms with Crippen LogP contribution < -0.4 is 19.8 Å². The predicted octanol–water partition coefficient (Wildman–Crippen LogP) is 2.01. The fourth-order valence-electron chi connectivity index (χ4n) is 2.91. The van der Waals surface area contributed by atoms with Crippen molar-refractivity contribution in [3.8, 4) is 0 Å². The first-order valence-electron chi connectivity index (χ1n) is 8.33. The van der Waals surface area contributed by atoms with Gasteiger partial charge in [-0.1, -0.05) is 41.2 Å². The highest BCUT2D eigenvalue weighted by Crippen LogP contribution is 2.16. The van der Waals surface area contributed by atoms with Crippen molar-refractivity contribution in [2.24, 2.45) is 4.99 Å². The van der Waals surface area contributed by atoms with E-state index in [2.05, 4.69) is 4.99 Å². The average molecular weight is 380 g/mol. The molecule has 0 fully saturated rings. The summed E-state index contributed by atoms with van der Waals surface area (Å²) in [6.45, 7) is 2.95. The lowest BCUT2D eigenvalue weighted by atomic mass is 10.2. The summed E-state index contributed by atoms with van der Waals surface area (Å²) in [5, 5.41) is 10.9. The molecule has 0 N–H and O–H groups in total. The van der Waals surface area contributed by atoms with Crippen molar-refractivity contribution in [2.45, 2.75) is 13.6 Å². The van der Waals surface area contributed by atoms with Gasteiger partial charge in [-0.05, 0) is 30.7 Å². The summed E-state index contributed by atoms with van der Waals surface area (Å²) < 4.78 is 2.15. The summed E-state index contributed by atoms with van der Waals surface area (Å²) in [5.74, 6) is 0. The van der Waals surface area contributed by atoms with E-state index in [-0.39, 0.29) is 11.2 Å². The van der Waals surface area contributed by atoms with Gasteiger partial charge in [-0.15, -0.1) is 0 Å². The van der Waals surface area contributed by atoms with Crippen molar-refractivity contribution in [1.29, 1.82) is 0 Å². The highest BCUT2D eigenvalue weighted by molar-refractivity contribution is 7.07. The van der Waals surface area contributed by atoms with Crippen LogP contribution in [0.3, 0.4) is 0 Å². The molecule has 0 amide bonds. The molecule has 7 nitrogen and oxygen atoms in total. The third-order valence-corrected chi connectivity index (χ3v) is 5.40. The van der Waals surface area contributed by atoms with Crippen molar-refractivity contribution in [1.82, 2.24) is 4.57 Å². The molecule has 0 bridgehead atoms. The Labute approximate surface area is 158 Å². The number of nitro groups is 1. The summed E-state index contributed by atoms with van der Waals surface area (Å²) in [4.78, 5) is 30.5. The maximum absolute atomic E-state index is 12.8. The molecule has 0 unspecified atom stereocenters. The second-order valence-electron chi connectivity index (χ2n) is 6.29. The Hall–Kier alpha value is -3.26. The van der Waals surface area contributed by atoms with Crippen LogP contribution >= 0.6 is 11.3 Å². The average Bonchev–Trinajstić information content (AvgIpc) is 2.98. The lowest BCUT2D eigenvalue weighted by Crippen LogP contribution is -2.42. The second-order valence-corrected chi connectivity index (χ2v) is 7.30. The van der Waals surface area contributed by atoms with E-state index in [1.807, 2.05) is 36.1 Å². The van der Waals surface area contributed by atoms with Crippen LogP contribution in [0.15, 0.2) is 58.3 Å². The van der Waals surface area contributed by atoms with E-state index in [4.69, 9.17) is 0 Å². The standard InChI is InChI=1S/C19H16N4O3S/c1-13-5-7-15(8-6-13)21-11-20-19-22(12-21)18(24)17(27-19)10-14-3-2-4-16(9-14)23(25)26/h2-10H,11-12H2,1H3. The number of hydrogen-bond acceptors (Lipinski definition) is 6. The van der Waals surface area contributed by atoms with Crippen LogP contribution in [0.1, 0.15) is 11.1 Å². The van der Waals surface area contributed by atoms with Gasteiger partial charge in [0.2, 0.25) is 0 Å². The molecular weight excluding hydrogens is 364 g/mol. The fourth-order valence-corrected chi connectivity index (χ4v) is 3.87. The van der Waals surface area contributed by atoms with Crippen molar-refractivity contribution >= 4 is 28.8 Å². The molecule has 136 valence electrons. The monoisotopic (exact) mass is 380 g/mol. The highest BCUT2D eigenvalue weighted by Gasteiger charge is 2.16. The minimum Gasteiger partial charge on any atom is -0.334 e. The Morgan fingerprint density at radius 1 is 1.22 bits per heavy atom. The molecular formula is C19H16N4O3S. The molecule has 2 aromatic carbocycles. The number of thiazole rings is 1. The van der Waals surface area contributed by atoms with E-state index in [1.54, 1.807) is 22.8 Å². The second kappa shape index (κ2) is 6.81. The summed E-state index contributed by atoms with van der Waals surface area (Å²) in [6, 6.07) is 14.3. The smallest absolute Gasteiger partial charge is 0.271 e. The molecule has 0 saturated carbocycles. The molecule has 8 heteroatoms. The Kier molecular flexibility index (Phi) is 4.33. The predicted molar refractivity (Wildman–Crippen MR) is 105 cm³/mol. The summed E-state index contributed by atoms with van der Waals surface area (Å²) in [7, 11) is 0. The van der Waals surface area contributed by atoms with Crippen LogP contribution in [0.5, 0.6) is 0 Å². The van der Waals surface area contributed by atoms with Gasteiger partial charge in [0.05, 0.1) is 9.46 Å². The number of anilines is 1. The molecule has 3 aromatic rings. The number of aromatic nitrogens is 1. The number of hydrogen-bond donors (Lipinski definition) is 0. The molecule has 1 aliphatic rings. The minimum absolute atomic E-state index is 0.000375. The first kappa shape index (κ1) is 17.2. The van der Waals surface area contributed by atoms with Crippen molar-refractivity contribution < 1.29 is 4.92 Å². The molecule has 0 aliphatic carbocycles. The number of benzene rings is 2. The normalized spacial score (nSPS) is 14.0. The van der Waals surface area contributed by atoms with E-state index in [9.17, 15) is 14.9 Å². The molecule has 0 saturated heterocycles. The number of non-ortho nitro benzene ring substituents is 1. The maximum atomic E-state index is 12.8. The zero-order valence-corrected chi connectivity index (χ0v) is 15.3. The Balaban J connectivity index is 1.70. The fraction of sp³-hybridized carbons (Fsp3) is 0.158. The van der Waals surface area contributed by atoms with Gasteiger partial charge >= 0.3 is 0 Å². The van der Waals surface area contributed by atoms with Crippen molar-refractivity contribution in [3.05, 3.63) is 89.5 Å². The molecule has 2 heterocycles. The van der Waals surface area contributed by atoms with E-state index in [0.717, 1.165) is 5.69 Å². The van der Waals surface area contributed by atoms with E-state index < -0.39 is 4.92 Å². The van der Waals surface area contributed by atoms with Crippen molar-refractivity contribution in [2.75, 3.05) is 11.6 Å². The SMILES string of the molecule is Cc1ccc(N2CN=c3sc(=Cc4cccc([N+](=O)[O-])c4)c(=O)n3C2)cc1. The van der Waals surface area contributed by atoms with Crippen LogP contribution in [-0.2, 0) is 6.67 Å². The molecule has 0 atom stereocenters. The largest absolute Gasteiger partial charge is 0.334 e. The Morgan fingerprint density at radius 3 is 2.74 bits per heavy atom. The molecule has 0 radical (unpaired) electrons. The lowest BCUT2D eigenvalue weighted by molar-refractivity contribution is -0.384. The maximum Gasteiger partial charge on any atom is 0.271 e. The van der Waals surface area contributed by atoms with Crippen LogP contribution in [0.2, 0.25) is 0 Å². The third kappa shape index (κ3) is 3.39. The summed E-state index contributed by atoms with van der Waals surface area (Å²) in [5.41, 5.74) is 2.67. The van der Waals surface area contributed by atoms with E-state index in [1.165, 1.54) is 29.0 Å². The number of nitrogens with zero attached hydrogens (tertiary/aromatic N) is 4. The topological polar surface area (TPSA) is 80.7 Å². The van der Waals surface area contributed by atoms with Gasteiger partial charge in [0.1, 0.15) is 13.3 Å². The number of nitro benzene ring substituents is 1. The third-order valence-electron chi connectivity index (χ3n) is 4.35. The van der Waals surface area contributed by atoms with Gasteiger partial charge in [-0.2, -0.15) is 0 Å². The van der Waals surface area contributed by atoms with Gasteiger partial charge < -0.3 is 4.90 Å². The molecule has 0 spiro atoms. The van der Waals surface area contributed by atoms with Gasteiger partial charge in [-0.3, -0.25) is 19.5 Å². The number of rotatable bonds is 3. The Morgan fingerprint density at radius 2 is 2.00 bits per heavy atom. The summed E-state index contributed by atoms with van der Waals surface area (Å²) in [6.07, 6.45) is 1.68. The van der Waals surface area contributed by atoms with Crippen LogP contribution in [-0.4, -0.2) is 16.2 Å². The van der Waals surface area contributed by atoms with Gasteiger partial charge in [-0.25, -0.2) is 4.99 Å². The number of aryl methyl sites for hydroxylation is 1. The van der Waals surface area contributed by atoms with E-state index in [0.29, 0.717) is 28.2 Å². The van der Waals surface area contributed by atoms with Gasteiger partial charge in [0.25, 0.3) is 11.2 Å². The summed E-state index contributed by atoms with van der Waals surface area (Å²) >= 11 is 1.30. The van der Waals surface area contributed by atoms with Gasteiger partial charge in [0, 0.05) is 17.8 Å². The molecule has 1 aromatic heterocycles. The first-order chi connectivity index (χ1) is 13.0.